The highest BCUT2D eigenvalue weighted by Crippen LogP contribution is 2.36. The fourth-order valence-corrected chi connectivity index (χ4v) is 6.22. The standard InChI is InChI=1S/C33H40N4O3/c1-24-29-10-3-4-11-30(29)37(19-8-20-40-2)33(24)26-9-7-17-35(23-26)32(39)22-27(34)21-25-13-15-28(16-14-25)36-18-6-5-12-31(36)38/h3-6,10-16,18,26-27H,7-9,17,19-23,34H2,1-2H3. The van der Waals surface area contributed by atoms with Gasteiger partial charge in [-0.15, -0.1) is 0 Å². The van der Waals surface area contributed by atoms with Crippen molar-refractivity contribution in [3.8, 4) is 5.69 Å². The molecule has 2 N–H and O–H groups in total. The van der Waals surface area contributed by atoms with E-state index in [1.54, 1.807) is 30.0 Å². The van der Waals surface area contributed by atoms with Crippen LogP contribution in [0.3, 0.4) is 0 Å². The molecule has 3 heterocycles. The minimum Gasteiger partial charge on any atom is -0.385 e. The average molecular weight is 541 g/mol. The van der Waals surface area contributed by atoms with Crippen LogP contribution in [0.5, 0.6) is 0 Å². The van der Waals surface area contributed by atoms with Crippen LogP contribution in [0.25, 0.3) is 16.6 Å². The number of methoxy groups -OCH3 is 1. The molecule has 2 atom stereocenters. The number of piperidine rings is 1. The predicted octanol–water partition coefficient (Wildman–Crippen LogP) is 4.80. The van der Waals surface area contributed by atoms with Crippen molar-refractivity contribution < 1.29 is 9.53 Å². The molecular formula is C33H40N4O3. The lowest BCUT2D eigenvalue weighted by atomic mass is 9.91. The third-order valence-electron chi connectivity index (χ3n) is 8.14. The molecule has 0 radical (unpaired) electrons. The molecule has 4 aromatic rings. The van der Waals surface area contributed by atoms with Gasteiger partial charge in [0.25, 0.3) is 5.56 Å². The van der Waals surface area contributed by atoms with E-state index >= 15 is 0 Å². The maximum absolute atomic E-state index is 13.4. The number of hydrogen-bond acceptors (Lipinski definition) is 4. The summed E-state index contributed by atoms with van der Waals surface area (Å²) in [6.07, 6.45) is 5.71. The molecule has 0 bridgehead atoms. The summed E-state index contributed by atoms with van der Waals surface area (Å²) < 4.78 is 9.40. The second-order valence-electron chi connectivity index (χ2n) is 10.9. The summed E-state index contributed by atoms with van der Waals surface area (Å²) >= 11 is 0. The van der Waals surface area contributed by atoms with Gasteiger partial charge in [0.2, 0.25) is 5.91 Å². The Hall–Kier alpha value is -3.68. The fraction of sp³-hybridized carbons (Fsp3) is 0.394. The summed E-state index contributed by atoms with van der Waals surface area (Å²) in [5.74, 6) is 0.433. The summed E-state index contributed by atoms with van der Waals surface area (Å²) in [4.78, 5) is 27.5. The average Bonchev–Trinajstić information content (AvgIpc) is 3.25. The van der Waals surface area contributed by atoms with Crippen LogP contribution in [0.1, 0.15) is 48.4 Å². The molecule has 1 aliphatic heterocycles. The topological polar surface area (TPSA) is 82.5 Å². The van der Waals surface area contributed by atoms with E-state index in [0.29, 0.717) is 18.8 Å². The third kappa shape index (κ3) is 6.06. The van der Waals surface area contributed by atoms with Gasteiger partial charge in [0.1, 0.15) is 0 Å². The lowest BCUT2D eigenvalue weighted by molar-refractivity contribution is -0.132. The number of nitrogens with two attached hydrogens (primary N) is 1. The second-order valence-corrected chi connectivity index (χ2v) is 10.9. The maximum Gasteiger partial charge on any atom is 0.255 e. The Morgan fingerprint density at radius 2 is 1.85 bits per heavy atom. The van der Waals surface area contributed by atoms with Gasteiger partial charge < -0.3 is 19.9 Å². The Bertz CT molecular complexity index is 1500. The van der Waals surface area contributed by atoms with Crippen LogP contribution < -0.4 is 11.3 Å². The highest BCUT2D eigenvalue weighted by atomic mass is 16.5. The summed E-state index contributed by atoms with van der Waals surface area (Å²) in [5.41, 5.74) is 12.2. The van der Waals surface area contributed by atoms with Gasteiger partial charge >= 0.3 is 0 Å². The van der Waals surface area contributed by atoms with Crippen LogP contribution in [-0.4, -0.2) is 52.8 Å². The maximum atomic E-state index is 13.4. The Morgan fingerprint density at radius 1 is 1.07 bits per heavy atom. The van der Waals surface area contributed by atoms with Gasteiger partial charge in [0.15, 0.2) is 0 Å². The molecule has 0 saturated carbocycles. The number of aryl methyl sites for hydroxylation is 2. The number of carbonyl (C=O) groups excluding carboxylic acids is 1. The monoisotopic (exact) mass is 540 g/mol. The van der Waals surface area contributed by atoms with Crippen LogP contribution in [0.4, 0.5) is 0 Å². The Labute approximate surface area is 236 Å². The zero-order valence-electron chi connectivity index (χ0n) is 23.6. The van der Waals surface area contributed by atoms with E-state index in [1.165, 1.54) is 22.2 Å². The van der Waals surface area contributed by atoms with Gasteiger partial charge in [0.05, 0.1) is 0 Å². The summed E-state index contributed by atoms with van der Waals surface area (Å²) in [5, 5.41) is 1.29. The van der Waals surface area contributed by atoms with Gasteiger partial charge in [-0.25, -0.2) is 0 Å². The van der Waals surface area contributed by atoms with Crippen molar-refractivity contribution in [3.05, 3.63) is 100 Å². The first-order valence-electron chi connectivity index (χ1n) is 14.3. The number of carbonyl (C=O) groups is 1. The van der Waals surface area contributed by atoms with Crippen molar-refractivity contribution in [1.82, 2.24) is 14.0 Å². The first-order chi connectivity index (χ1) is 19.5. The third-order valence-corrected chi connectivity index (χ3v) is 8.14. The molecule has 2 aromatic carbocycles. The number of ether oxygens (including phenoxy) is 1. The number of para-hydroxylation sites is 1. The molecule has 1 saturated heterocycles. The van der Waals surface area contributed by atoms with E-state index in [0.717, 1.165) is 56.8 Å². The van der Waals surface area contributed by atoms with E-state index < -0.39 is 0 Å². The molecule has 1 aliphatic rings. The quantitative estimate of drug-likeness (QED) is 0.293. The molecule has 1 amide bonds. The molecule has 7 nitrogen and oxygen atoms in total. The molecular weight excluding hydrogens is 500 g/mol. The SMILES string of the molecule is COCCCn1c(C2CCCN(C(=O)CC(N)Cc3ccc(-n4ccccc4=O)cc3)C2)c(C)c2ccccc21. The van der Waals surface area contributed by atoms with E-state index in [9.17, 15) is 9.59 Å². The minimum atomic E-state index is -0.264. The van der Waals surface area contributed by atoms with E-state index in [-0.39, 0.29) is 17.5 Å². The van der Waals surface area contributed by atoms with Crippen molar-refractivity contribution in [2.75, 3.05) is 26.8 Å². The number of rotatable bonds is 10. The highest BCUT2D eigenvalue weighted by molar-refractivity contribution is 5.85. The van der Waals surface area contributed by atoms with Gasteiger partial charge in [-0.05, 0) is 68.0 Å². The number of amides is 1. The number of hydrogen-bond donors (Lipinski definition) is 1. The largest absolute Gasteiger partial charge is 0.385 e. The number of benzene rings is 2. The summed E-state index contributed by atoms with van der Waals surface area (Å²) in [6, 6.07) is 21.3. The van der Waals surface area contributed by atoms with Crippen molar-refractivity contribution >= 4 is 16.8 Å². The molecule has 5 rings (SSSR count). The highest BCUT2D eigenvalue weighted by Gasteiger charge is 2.29. The first kappa shape index (κ1) is 27.9. The molecule has 7 heteroatoms. The fourth-order valence-electron chi connectivity index (χ4n) is 6.22. The van der Waals surface area contributed by atoms with Crippen molar-refractivity contribution in [1.29, 1.82) is 0 Å². The Kier molecular flexibility index (Phi) is 8.82. The minimum absolute atomic E-state index is 0.0667. The zero-order chi connectivity index (χ0) is 28.1. The Morgan fingerprint density at radius 3 is 2.62 bits per heavy atom. The van der Waals surface area contributed by atoms with E-state index in [4.69, 9.17) is 10.5 Å². The lowest BCUT2D eigenvalue weighted by Crippen LogP contribution is -2.42. The molecule has 2 unspecified atom stereocenters. The number of nitrogens with zero attached hydrogens (tertiary/aromatic N) is 3. The first-order valence-corrected chi connectivity index (χ1v) is 14.3. The zero-order valence-corrected chi connectivity index (χ0v) is 23.6. The van der Waals surface area contributed by atoms with Gasteiger partial charge in [-0.1, -0.05) is 36.4 Å². The van der Waals surface area contributed by atoms with Crippen LogP contribution >= 0.6 is 0 Å². The van der Waals surface area contributed by atoms with Crippen LogP contribution in [0.2, 0.25) is 0 Å². The summed E-state index contributed by atoms with van der Waals surface area (Å²) in [6.45, 7) is 5.37. The molecule has 40 heavy (non-hydrogen) atoms. The van der Waals surface area contributed by atoms with Crippen LogP contribution in [0.15, 0.2) is 77.7 Å². The number of fused-ring (bicyclic) bond motifs is 1. The Balaban J connectivity index is 1.24. The van der Waals surface area contributed by atoms with Gasteiger partial charge in [-0.3, -0.25) is 14.2 Å². The van der Waals surface area contributed by atoms with E-state index in [1.807, 2.05) is 35.2 Å². The normalized spacial score (nSPS) is 16.4. The van der Waals surface area contributed by atoms with Gasteiger partial charge in [-0.2, -0.15) is 0 Å². The molecule has 0 spiro atoms. The molecule has 210 valence electrons. The van der Waals surface area contributed by atoms with Crippen LogP contribution in [0, 0.1) is 6.92 Å². The van der Waals surface area contributed by atoms with Crippen molar-refractivity contribution in [2.45, 2.75) is 57.5 Å². The smallest absolute Gasteiger partial charge is 0.255 e. The second kappa shape index (κ2) is 12.7. The number of likely N-dealkylation sites (tertiary alicyclic amines) is 1. The number of pyridine rings is 1. The van der Waals surface area contributed by atoms with Crippen LogP contribution in [-0.2, 0) is 22.5 Å². The lowest BCUT2D eigenvalue weighted by Gasteiger charge is -2.34. The number of aromatic nitrogens is 2. The summed E-state index contributed by atoms with van der Waals surface area (Å²) in [7, 11) is 1.75. The van der Waals surface area contributed by atoms with Crippen molar-refractivity contribution in [3.63, 3.8) is 0 Å². The predicted molar refractivity (Wildman–Crippen MR) is 160 cm³/mol. The van der Waals surface area contributed by atoms with Gasteiger partial charge in [0, 0.05) is 86.3 Å². The molecule has 1 fully saturated rings. The molecule has 2 aromatic heterocycles. The van der Waals surface area contributed by atoms with E-state index in [2.05, 4.69) is 35.8 Å². The molecule has 0 aliphatic carbocycles. The van der Waals surface area contributed by atoms with Crippen molar-refractivity contribution in [2.24, 2.45) is 5.73 Å².